The maximum absolute atomic E-state index is 14.0. The van der Waals surface area contributed by atoms with Crippen LogP contribution in [0, 0.1) is 6.92 Å². The summed E-state index contributed by atoms with van der Waals surface area (Å²) < 4.78 is 28.5. The number of anilines is 1. The summed E-state index contributed by atoms with van der Waals surface area (Å²) in [5, 5.41) is 2.93. The zero-order valence-electron chi connectivity index (χ0n) is 22.2. The minimum Gasteiger partial charge on any atom is -0.354 e. The molecule has 208 valence electrons. The van der Waals surface area contributed by atoms with Gasteiger partial charge >= 0.3 is 0 Å². The van der Waals surface area contributed by atoms with Crippen molar-refractivity contribution in [1.82, 2.24) is 10.2 Å². The lowest BCUT2D eigenvalue weighted by molar-refractivity contribution is -0.140. The molecular weight excluding hydrogens is 646 g/mol. The van der Waals surface area contributed by atoms with Crippen molar-refractivity contribution in [2.75, 3.05) is 23.7 Å². The Bertz CT molecular complexity index is 1400. The topological polar surface area (TPSA) is 86.8 Å². The minimum absolute atomic E-state index is 0.131. The van der Waals surface area contributed by atoms with Crippen molar-refractivity contribution in [3.8, 4) is 0 Å². The Morgan fingerprint density at radius 2 is 1.64 bits per heavy atom. The van der Waals surface area contributed by atoms with Gasteiger partial charge in [-0.05, 0) is 60.4 Å². The van der Waals surface area contributed by atoms with Gasteiger partial charge in [0, 0.05) is 28.5 Å². The predicted molar refractivity (Wildman–Crippen MR) is 163 cm³/mol. The molecule has 0 aromatic heterocycles. The van der Waals surface area contributed by atoms with Gasteiger partial charge in [0.2, 0.25) is 21.8 Å². The molecule has 2 amide bonds. The molecule has 0 saturated heterocycles. The van der Waals surface area contributed by atoms with Crippen molar-refractivity contribution in [2.45, 2.75) is 39.3 Å². The zero-order chi connectivity index (χ0) is 28.6. The Morgan fingerprint density at radius 3 is 2.26 bits per heavy atom. The number of hydrogen-bond donors (Lipinski definition) is 1. The van der Waals surface area contributed by atoms with E-state index in [1.54, 1.807) is 18.2 Å². The van der Waals surface area contributed by atoms with Gasteiger partial charge in [0.1, 0.15) is 12.6 Å². The molecule has 3 rings (SSSR count). The van der Waals surface area contributed by atoms with Crippen LogP contribution in [0.15, 0.2) is 81.7 Å². The van der Waals surface area contributed by atoms with Crippen molar-refractivity contribution >= 4 is 59.4 Å². The molecule has 1 atom stereocenters. The zero-order valence-corrected chi connectivity index (χ0v) is 26.2. The second kappa shape index (κ2) is 14.1. The number of sulfonamides is 1. The quantitative estimate of drug-likeness (QED) is 0.276. The molecule has 0 saturated carbocycles. The maximum Gasteiger partial charge on any atom is 0.244 e. The SMILES string of the molecule is CCCNC(=O)C(Cc1ccccc1)N(Cc1cccc(Br)c1)C(=O)CN(c1ccc(Br)c(C)c1)S(C)(=O)=O. The number of nitrogens with one attached hydrogen (secondary N) is 1. The molecule has 3 aromatic carbocycles. The summed E-state index contributed by atoms with van der Waals surface area (Å²) in [5.41, 5.74) is 2.92. The number of carbonyl (C=O) groups excluding carboxylic acids is 2. The summed E-state index contributed by atoms with van der Waals surface area (Å²) in [6.07, 6.45) is 2.10. The number of halogens is 2. The Labute approximate surface area is 247 Å². The normalized spacial score (nSPS) is 12.0. The summed E-state index contributed by atoms with van der Waals surface area (Å²) in [5.74, 6) is -0.761. The first-order valence-corrected chi connectivity index (χ1v) is 16.0. The third-order valence-corrected chi connectivity index (χ3v) is 8.69. The molecule has 0 bridgehead atoms. The van der Waals surface area contributed by atoms with E-state index < -0.39 is 28.5 Å². The molecule has 0 spiro atoms. The number of carbonyl (C=O) groups is 2. The largest absolute Gasteiger partial charge is 0.354 e. The van der Waals surface area contributed by atoms with Gasteiger partial charge in [-0.15, -0.1) is 0 Å². The van der Waals surface area contributed by atoms with Crippen molar-refractivity contribution in [3.63, 3.8) is 0 Å². The third kappa shape index (κ3) is 8.91. The Kier molecular flexibility index (Phi) is 11.1. The number of amides is 2. The molecule has 1 unspecified atom stereocenters. The van der Waals surface area contributed by atoms with Gasteiger partial charge in [-0.3, -0.25) is 13.9 Å². The van der Waals surface area contributed by atoms with Crippen molar-refractivity contribution in [2.24, 2.45) is 0 Å². The lowest BCUT2D eigenvalue weighted by Crippen LogP contribution is -2.53. The summed E-state index contributed by atoms with van der Waals surface area (Å²) >= 11 is 6.92. The van der Waals surface area contributed by atoms with Crippen LogP contribution < -0.4 is 9.62 Å². The highest BCUT2D eigenvalue weighted by Gasteiger charge is 2.33. The van der Waals surface area contributed by atoms with Crippen LogP contribution in [0.4, 0.5) is 5.69 Å². The second-order valence-corrected chi connectivity index (χ2v) is 13.0. The van der Waals surface area contributed by atoms with E-state index in [4.69, 9.17) is 0 Å². The van der Waals surface area contributed by atoms with E-state index >= 15 is 0 Å². The average Bonchev–Trinajstić information content (AvgIpc) is 2.89. The number of aryl methyl sites for hydroxylation is 1. The summed E-state index contributed by atoms with van der Waals surface area (Å²) in [4.78, 5) is 29.0. The Hall–Kier alpha value is -2.69. The average molecular weight is 679 g/mol. The van der Waals surface area contributed by atoms with Crippen LogP contribution >= 0.6 is 31.9 Å². The molecule has 0 aliphatic rings. The Morgan fingerprint density at radius 1 is 0.949 bits per heavy atom. The van der Waals surface area contributed by atoms with Gasteiger partial charge in [0.05, 0.1) is 11.9 Å². The van der Waals surface area contributed by atoms with E-state index in [1.165, 1.54) is 4.90 Å². The molecule has 0 aliphatic heterocycles. The van der Waals surface area contributed by atoms with Crippen LogP contribution in [0.3, 0.4) is 0 Å². The predicted octanol–water partition coefficient (Wildman–Crippen LogP) is 5.45. The van der Waals surface area contributed by atoms with Gasteiger partial charge in [-0.2, -0.15) is 0 Å². The third-order valence-electron chi connectivity index (χ3n) is 6.17. The van der Waals surface area contributed by atoms with E-state index in [2.05, 4.69) is 37.2 Å². The molecule has 7 nitrogen and oxygen atoms in total. The van der Waals surface area contributed by atoms with Gasteiger partial charge in [-0.25, -0.2) is 8.42 Å². The van der Waals surface area contributed by atoms with E-state index in [0.29, 0.717) is 12.2 Å². The fourth-order valence-electron chi connectivity index (χ4n) is 4.15. The minimum atomic E-state index is -3.81. The molecular formula is C29H33Br2N3O4S. The van der Waals surface area contributed by atoms with Crippen LogP contribution in [0.5, 0.6) is 0 Å². The van der Waals surface area contributed by atoms with Crippen LogP contribution in [0.1, 0.15) is 30.0 Å². The second-order valence-electron chi connectivity index (χ2n) is 9.35. The van der Waals surface area contributed by atoms with E-state index in [1.807, 2.05) is 68.4 Å². The van der Waals surface area contributed by atoms with Crippen LogP contribution in [0.25, 0.3) is 0 Å². The number of hydrogen-bond acceptors (Lipinski definition) is 4. The van der Waals surface area contributed by atoms with E-state index in [-0.39, 0.29) is 18.9 Å². The van der Waals surface area contributed by atoms with E-state index in [0.717, 1.165) is 42.6 Å². The highest BCUT2D eigenvalue weighted by Crippen LogP contribution is 2.25. The van der Waals surface area contributed by atoms with Gasteiger partial charge in [0.25, 0.3) is 0 Å². The molecule has 0 radical (unpaired) electrons. The monoisotopic (exact) mass is 677 g/mol. The highest BCUT2D eigenvalue weighted by molar-refractivity contribution is 9.10. The van der Waals surface area contributed by atoms with E-state index in [9.17, 15) is 18.0 Å². The molecule has 39 heavy (non-hydrogen) atoms. The first kappa shape index (κ1) is 30.8. The highest BCUT2D eigenvalue weighted by atomic mass is 79.9. The lowest BCUT2D eigenvalue weighted by Gasteiger charge is -2.33. The first-order chi connectivity index (χ1) is 18.5. The summed E-state index contributed by atoms with van der Waals surface area (Å²) in [6.45, 7) is 3.97. The number of rotatable bonds is 12. The molecule has 10 heteroatoms. The molecule has 3 aromatic rings. The van der Waals surface area contributed by atoms with Gasteiger partial charge < -0.3 is 10.2 Å². The number of benzene rings is 3. The maximum atomic E-state index is 14.0. The molecule has 1 N–H and O–H groups in total. The van der Waals surface area contributed by atoms with Crippen molar-refractivity contribution in [3.05, 3.63) is 98.4 Å². The van der Waals surface area contributed by atoms with Crippen LogP contribution in [0.2, 0.25) is 0 Å². The molecule has 0 aliphatic carbocycles. The molecule has 0 heterocycles. The van der Waals surface area contributed by atoms with Crippen LogP contribution in [-0.2, 0) is 32.6 Å². The van der Waals surface area contributed by atoms with Gasteiger partial charge in [-0.1, -0.05) is 81.2 Å². The Balaban J connectivity index is 2.05. The van der Waals surface area contributed by atoms with Crippen molar-refractivity contribution in [1.29, 1.82) is 0 Å². The molecule has 0 fully saturated rings. The van der Waals surface area contributed by atoms with Gasteiger partial charge in [0.15, 0.2) is 0 Å². The first-order valence-electron chi connectivity index (χ1n) is 12.6. The lowest BCUT2D eigenvalue weighted by atomic mass is 10.0. The summed E-state index contributed by atoms with van der Waals surface area (Å²) in [6, 6.07) is 21.3. The smallest absolute Gasteiger partial charge is 0.244 e. The summed E-state index contributed by atoms with van der Waals surface area (Å²) in [7, 11) is -3.81. The van der Waals surface area contributed by atoms with Crippen LogP contribution in [-0.4, -0.2) is 50.5 Å². The number of nitrogens with zero attached hydrogens (tertiary/aromatic N) is 2. The fourth-order valence-corrected chi connectivity index (χ4v) is 5.68. The fraction of sp³-hybridized carbons (Fsp3) is 0.310. The standard InChI is InChI=1S/C29H33Br2N3O4S/c1-4-15-32-29(36)27(18-22-9-6-5-7-10-22)33(19-23-11-8-12-24(30)17-23)28(35)20-34(39(3,37)38)25-13-14-26(31)21(2)16-25/h5-14,16-17,27H,4,15,18-20H2,1-3H3,(H,32,36). The van der Waals surface area contributed by atoms with Crippen molar-refractivity contribution < 1.29 is 18.0 Å².